The zero-order chi connectivity index (χ0) is 30.4. The van der Waals surface area contributed by atoms with Crippen LogP contribution in [0.5, 0.6) is 0 Å². The third-order valence-corrected chi connectivity index (χ3v) is 9.89. The lowest BCUT2D eigenvalue weighted by Crippen LogP contribution is -2.51. The number of benzene rings is 3. The minimum absolute atomic E-state index is 0.0141. The number of halogens is 2. The van der Waals surface area contributed by atoms with Crippen LogP contribution in [0.25, 0.3) is 22.4 Å². The third-order valence-electron chi connectivity index (χ3n) is 9.26. The Bertz CT molecular complexity index is 1690. The summed E-state index contributed by atoms with van der Waals surface area (Å²) in [5, 5.41) is 8.55. The summed E-state index contributed by atoms with van der Waals surface area (Å²) < 4.78 is 17.3. The number of ether oxygens (including phenoxy) is 2. The molecule has 0 aliphatic heterocycles. The molecule has 4 saturated carbocycles. The number of carbonyl (C=O) groups is 2. The highest BCUT2D eigenvalue weighted by Crippen LogP contribution is 2.52. The first kappa shape index (κ1) is 29.1. The van der Waals surface area contributed by atoms with E-state index in [0.717, 1.165) is 49.0 Å². The molecule has 1 amide bonds. The van der Waals surface area contributed by atoms with Crippen molar-refractivity contribution >= 4 is 40.8 Å². The van der Waals surface area contributed by atoms with Crippen molar-refractivity contribution in [2.24, 2.45) is 17.8 Å². The summed E-state index contributed by atoms with van der Waals surface area (Å²) in [4.78, 5) is 25.9. The molecule has 4 aliphatic rings. The van der Waals surface area contributed by atoms with Crippen LogP contribution in [0.2, 0.25) is 10.0 Å². The summed E-state index contributed by atoms with van der Waals surface area (Å²) in [6.45, 7) is 0.363. The predicted octanol–water partition coefficient (Wildman–Crippen LogP) is 8.55. The fourth-order valence-corrected chi connectivity index (χ4v) is 7.51. The molecule has 2 unspecified atom stereocenters. The summed E-state index contributed by atoms with van der Waals surface area (Å²) in [5.74, 6) is 1.26. The number of rotatable bonds is 9. The van der Waals surface area contributed by atoms with Crippen LogP contribution in [0.1, 0.15) is 59.7 Å². The number of nitrogens with zero attached hydrogens (tertiary/aromatic N) is 1. The molecule has 3 aromatic carbocycles. The number of nitrogens with one attached hydrogen (secondary N) is 1. The van der Waals surface area contributed by atoms with Crippen LogP contribution < -0.4 is 5.32 Å². The van der Waals surface area contributed by atoms with Gasteiger partial charge in [-0.3, -0.25) is 4.79 Å². The van der Waals surface area contributed by atoms with E-state index >= 15 is 0 Å². The smallest absolute Gasteiger partial charge is 0.338 e. The number of hydrogen-bond donors (Lipinski definition) is 1. The Balaban J connectivity index is 1.02. The molecule has 1 aromatic heterocycles. The van der Waals surface area contributed by atoms with Gasteiger partial charge in [-0.25, -0.2) is 4.79 Å². The van der Waals surface area contributed by atoms with Gasteiger partial charge in [-0.15, -0.1) is 0 Å². The Morgan fingerprint density at radius 2 is 1.68 bits per heavy atom. The van der Waals surface area contributed by atoms with E-state index in [2.05, 4.69) is 10.5 Å². The van der Waals surface area contributed by atoms with E-state index in [1.165, 1.54) is 7.11 Å². The first-order valence-electron chi connectivity index (χ1n) is 15.0. The fraction of sp³-hybridized carbons (Fsp3) is 0.343. The van der Waals surface area contributed by atoms with Crippen LogP contribution >= 0.6 is 23.2 Å². The summed E-state index contributed by atoms with van der Waals surface area (Å²) in [7, 11) is 1.37. The van der Waals surface area contributed by atoms with Crippen LogP contribution in [-0.2, 0) is 20.9 Å². The SMILES string of the molecule is COC(=O)c1ccc(NC(=O)C2C3CC(OCc4c(-c5c(Cl)cccc5Cl)noc4C4CC4)CC2C3)cc1-c1ccccc1. The van der Waals surface area contributed by atoms with Crippen molar-refractivity contribution in [3.63, 3.8) is 0 Å². The average Bonchev–Trinajstić information content (AvgIpc) is 3.79. The Morgan fingerprint density at radius 1 is 0.955 bits per heavy atom. The molecule has 0 radical (unpaired) electrons. The highest BCUT2D eigenvalue weighted by atomic mass is 35.5. The molecule has 2 bridgehead atoms. The van der Waals surface area contributed by atoms with Crippen molar-refractivity contribution in [3.8, 4) is 22.4 Å². The van der Waals surface area contributed by atoms with Gasteiger partial charge < -0.3 is 19.3 Å². The standard InChI is InChI=1S/C35H32Cl2N2O5/c1-42-35(41)25-13-12-23(17-26(25)19-6-3-2-4-7-19)38-34(40)30-21-14-22(30)16-24(15-21)43-18-27-32(39-44-33(27)20-10-11-20)31-28(36)8-5-9-29(31)37/h2-9,12-13,17,20-22,24,30H,10-11,14-16,18H2,1H3,(H,38,40). The molecule has 44 heavy (non-hydrogen) atoms. The van der Waals surface area contributed by atoms with E-state index in [-0.39, 0.29) is 29.8 Å². The monoisotopic (exact) mass is 630 g/mol. The fourth-order valence-electron chi connectivity index (χ4n) is 6.93. The Labute approximate surface area is 265 Å². The Hall–Kier alpha value is -3.65. The molecule has 9 heteroatoms. The minimum Gasteiger partial charge on any atom is -0.465 e. The molecule has 4 aliphatic carbocycles. The molecule has 4 fully saturated rings. The van der Waals surface area contributed by atoms with Crippen molar-refractivity contribution in [2.45, 2.75) is 50.7 Å². The van der Waals surface area contributed by atoms with Crippen LogP contribution in [0.3, 0.4) is 0 Å². The van der Waals surface area contributed by atoms with E-state index in [0.29, 0.717) is 50.6 Å². The highest BCUT2D eigenvalue weighted by molar-refractivity contribution is 6.39. The molecular weight excluding hydrogens is 599 g/mol. The number of aromatic nitrogens is 1. The van der Waals surface area contributed by atoms with E-state index in [4.69, 9.17) is 37.2 Å². The highest BCUT2D eigenvalue weighted by Gasteiger charge is 2.51. The summed E-state index contributed by atoms with van der Waals surface area (Å²) in [6, 6.07) is 20.3. The van der Waals surface area contributed by atoms with E-state index in [9.17, 15) is 9.59 Å². The van der Waals surface area contributed by atoms with Gasteiger partial charge in [-0.1, -0.05) is 64.8 Å². The van der Waals surface area contributed by atoms with E-state index in [1.807, 2.05) is 42.5 Å². The maximum absolute atomic E-state index is 13.5. The minimum atomic E-state index is -0.418. The normalized spacial score (nSPS) is 22.2. The van der Waals surface area contributed by atoms with E-state index in [1.54, 1.807) is 24.3 Å². The summed E-state index contributed by atoms with van der Waals surface area (Å²) >= 11 is 13.0. The molecule has 8 rings (SSSR count). The van der Waals surface area contributed by atoms with Gasteiger partial charge in [0.25, 0.3) is 0 Å². The average molecular weight is 632 g/mol. The van der Waals surface area contributed by atoms with Gasteiger partial charge >= 0.3 is 5.97 Å². The molecular formula is C35H32Cl2N2O5. The molecule has 0 saturated heterocycles. The molecule has 1 heterocycles. The first-order chi connectivity index (χ1) is 21.4. The van der Waals surface area contributed by atoms with Gasteiger partial charge in [-0.05, 0) is 85.4 Å². The molecule has 2 atom stereocenters. The van der Waals surface area contributed by atoms with Crippen LogP contribution in [0.15, 0.2) is 71.3 Å². The van der Waals surface area contributed by atoms with Gasteiger partial charge in [-0.2, -0.15) is 0 Å². The number of carbonyl (C=O) groups excluding carboxylic acids is 2. The lowest BCUT2D eigenvalue weighted by molar-refractivity contribution is -0.142. The van der Waals surface area contributed by atoms with Crippen molar-refractivity contribution in [1.82, 2.24) is 5.16 Å². The number of methoxy groups -OCH3 is 1. The van der Waals surface area contributed by atoms with Crippen molar-refractivity contribution in [1.29, 1.82) is 0 Å². The van der Waals surface area contributed by atoms with Gasteiger partial charge in [0.05, 0.1) is 35.4 Å². The van der Waals surface area contributed by atoms with Crippen molar-refractivity contribution < 1.29 is 23.6 Å². The zero-order valence-corrected chi connectivity index (χ0v) is 25.7. The van der Waals surface area contributed by atoms with Crippen molar-refractivity contribution in [2.75, 3.05) is 12.4 Å². The molecule has 4 aromatic rings. The van der Waals surface area contributed by atoms with Gasteiger partial charge in [0.2, 0.25) is 5.91 Å². The number of hydrogen-bond acceptors (Lipinski definition) is 6. The Morgan fingerprint density at radius 3 is 2.36 bits per heavy atom. The van der Waals surface area contributed by atoms with Gasteiger partial charge in [0.1, 0.15) is 11.5 Å². The van der Waals surface area contributed by atoms with Crippen LogP contribution in [-0.4, -0.2) is 30.2 Å². The maximum Gasteiger partial charge on any atom is 0.338 e. The molecule has 7 nitrogen and oxygen atoms in total. The van der Waals surface area contributed by atoms with Crippen LogP contribution in [0, 0.1) is 17.8 Å². The predicted molar refractivity (Wildman–Crippen MR) is 169 cm³/mol. The number of amides is 1. The summed E-state index contributed by atoms with van der Waals surface area (Å²) in [5.41, 5.74) is 4.94. The van der Waals surface area contributed by atoms with Gasteiger partial charge in [0, 0.05) is 28.7 Å². The lowest BCUT2D eigenvalue weighted by atomic mass is 9.56. The molecule has 1 N–H and O–H groups in total. The zero-order valence-electron chi connectivity index (χ0n) is 24.2. The topological polar surface area (TPSA) is 90.7 Å². The Kier molecular flexibility index (Phi) is 7.95. The van der Waals surface area contributed by atoms with Crippen molar-refractivity contribution in [3.05, 3.63) is 93.7 Å². The third kappa shape index (κ3) is 5.53. The van der Waals surface area contributed by atoms with Gasteiger partial charge in [0.15, 0.2) is 0 Å². The first-order valence-corrected chi connectivity index (χ1v) is 15.8. The van der Waals surface area contributed by atoms with E-state index < -0.39 is 5.97 Å². The van der Waals surface area contributed by atoms with Crippen LogP contribution in [0.4, 0.5) is 5.69 Å². The lowest BCUT2D eigenvalue weighted by Gasteiger charge is -2.51. The number of fused-ring (bicyclic) bond motifs is 2. The second kappa shape index (κ2) is 12.0. The second-order valence-corrected chi connectivity index (χ2v) is 12.9. The number of esters is 1. The second-order valence-electron chi connectivity index (χ2n) is 12.0. The summed E-state index contributed by atoms with van der Waals surface area (Å²) in [6.07, 6.45) is 4.84. The molecule has 226 valence electrons. The largest absolute Gasteiger partial charge is 0.465 e. The quantitative estimate of drug-likeness (QED) is 0.186. The maximum atomic E-state index is 13.5. The molecule has 0 spiro atoms. The number of anilines is 1.